The van der Waals surface area contributed by atoms with Crippen LogP contribution in [0.3, 0.4) is 0 Å². The summed E-state index contributed by atoms with van der Waals surface area (Å²) in [6.45, 7) is 0.772. The minimum atomic E-state index is -0.741. The Kier molecular flexibility index (Phi) is 5.89. The molecule has 0 saturated carbocycles. The first kappa shape index (κ1) is 19.8. The Balaban J connectivity index is 1.59. The van der Waals surface area contributed by atoms with Crippen LogP contribution in [0.25, 0.3) is 0 Å². The highest BCUT2D eigenvalue weighted by Crippen LogP contribution is 2.25. The standard InChI is InChI=1S/C19H17ClFN3O4/c20-14-3-1-13(2-4-14)19(26)23-9-7-12(8-10-23)18(25)22-17-11-15(24(27)28)5-6-16(17)21/h1-6,11-12H,7-10H2,(H,22,25). The van der Waals surface area contributed by atoms with Crippen molar-refractivity contribution in [2.24, 2.45) is 5.92 Å². The van der Waals surface area contributed by atoms with Gasteiger partial charge in [0.15, 0.2) is 0 Å². The van der Waals surface area contributed by atoms with E-state index in [0.29, 0.717) is 36.5 Å². The Morgan fingerprint density at radius 3 is 2.39 bits per heavy atom. The molecule has 9 heteroatoms. The van der Waals surface area contributed by atoms with Gasteiger partial charge in [0, 0.05) is 41.7 Å². The van der Waals surface area contributed by atoms with Gasteiger partial charge in [-0.2, -0.15) is 0 Å². The number of piperidine rings is 1. The monoisotopic (exact) mass is 405 g/mol. The molecule has 0 atom stereocenters. The maximum absolute atomic E-state index is 13.8. The summed E-state index contributed by atoms with van der Waals surface area (Å²) in [5, 5.41) is 13.8. The molecule has 1 N–H and O–H groups in total. The van der Waals surface area contributed by atoms with Crippen molar-refractivity contribution in [2.45, 2.75) is 12.8 Å². The number of carbonyl (C=O) groups is 2. The minimum Gasteiger partial charge on any atom is -0.339 e. The van der Waals surface area contributed by atoms with E-state index >= 15 is 0 Å². The molecule has 1 aliphatic heterocycles. The summed E-state index contributed by atoms with van der Waals surface area (Å²) < 4.78 is 13.8. The average Bonchev–Trinajstić information content (AvgIpc) is 2.69. The van der Waals surface area contributed by atoms with Gasteiger partial charge >= 0.3 is 0 Å². The van der Waals surface area contributed by atoms with Gasteiger partial charge in [-0.15, -0.1) is 0 Å². The fourth-order valence-corrected chi connectivity index (χ4v) is 3.20. The third-order valence-electron chi connectivity index (χ3n) is 4.66. The smallest absolute Gasteiger partial charge is 0.271 e. The second-order valence-electron chi connectivity index (χ2n) is 6.48. The van der Waals surface area contributed by atoms with Crippen LogP contribution in [0.1, 0.15) is 23.2 Å². The van der Waals surface area contributed by atoms with Crippen LogP contribution in [0.15, 0.2) is 42.5 Å². The number of hydrogen-bond donors (Lipinski definition) is 1. The van der Waals surface area contributed by atoms with Crippen LogP contribution >= 0.6 is 11.6 Å². The molecular weight excluding hydrogens is 389 g/mol. The Labute approximate surface area is 165 Å². The van der Waals surface area contributed by atoms with E-state index in [4.69, 9.17) is 11.6 Å². The summed E-state index contributed by atoms with van der Waals surface area (Å²) >= 11 is 5.83. The van der Waals surface area contributed by atoms with Crippen molar-refractivity contribution in [3.05, 3.63) is 69.0 Å². The molecule has 2 aromatic rings. The second-order valence-corrected chi connectivity index (χ2v) is 6.92. The quantitative estimate of drug-likeness (QED) is 0.617. The summed E-state index contributed by atoms with van der Waals surface area (Å²) in [6, 6.07) is 9.55. The van der Waals surface area contributed by atoms with Crippen LogP contribution in [0, 0.1) is 21.8 Å². The van der Waals surface area contributed by atoms with Gasteiger partial charge in [0.2, 0.25) is 5.91 Å². The molecule has 2 aromatic carbocycles. The van der Waals surface area contributed by atoms with Gasteiger partial charge < -0.3 is 10.2 Å². The van der Waals surface area contributed by atoms with E-state index in [9.17, 15) is 24.1 Å². The number of benzene rings is 2. The number of likely N-dealkylation sites (tertiary alicyclic amines) is 1. The number of nitrogens with zero attached hydrogens (tertiary/aromatic N) is 2. The van der Waals surface area contributed by atoms with Crippen LogP contribution in [0.5, 0.6) is 0 Å². The van der Waals surface area contributed by atoms with E-state index in [2.05, 4.69) is 5.32 Å². The molecule has 0 unspecified atom stereocenters. The molecule has 0 aliphatic carbocycles. The zero-order valence-corrected chi connectivity index (χ0v) is 15.5. The molecule has 28 heavy (non-hydrogen) atoms. The van der Waals surface area contributed by atoms with Crippen LogP contribution in [0.2, 0.25) is 5.02 Å². The third kappa shape index (κ3) is 4.45. The topological polar surface area (TPSA) is 92.5 Å². The maximum atomic E-state index is 13.8. The molecule has 1 fully saturated rings. The van der Waals surface area contributed by atoms with Crippen molar-refractivity contribution in [2.75, 3.05) is 18.4 Å². The van der Waals surface area contributed by atoms with Crippen molar-refractivity contribution in [3.8, 4) is 0 Å². The van der Waals surface area contributed by atoms with Gasteiger partial charge in [0.05, 0.1) is 10.6 Å². The van der Waals surface area contributed by atoms with Gasteiger partial charge in [-0.25, -0.2) is 4.39 Å². The third-order valence-corrected chi connectivity index (χ3v) is 4.91. The number of nitro benzene ring substituents is 1. The van der Waals surface area contributed by atoms with E-state index in [0.717, 1.165) is 18.2 Å². The van der Waals surface area contributed by atoms with E-state index < -0.39 is 22.6 Å². The Hall–Kier alpha value is -3.00. The SMILES string of the molecule is O=C(Nc1cc([N+](=O)[O-])ccc1F)C1CCN(C(=O)c2ccc(Cl)cc2)CC1. The summed E-state index contributed by atoms with van der Waals surface area (Å²) in [4.78, 5) is 36.7. The van der Waals surface area contributed by atoms with Crippen molar-refractivity contribution in [3.63, 3.8) is 0 Å². The fourth-order valence-electron chi connectivity index (χ4n) is 3.08. The minimum absolute atomic E-state index is 0.139. The van der Waals surface area contributed by atoms with Crippen molar-refractivity contribution < 1.29 is 18.9 Å². The summed E-state index contributed by atoms with van der Waals surface area (Å²) in [7, 11) is 0. The number of anilines is 1. The maximum Gasteiger partial charge on any atom is 0.271 e. The van der Waals surface area contributed by atoms with Crippen molar-refractivity contribution in [1.29, 1.82) is 0 Å². The lowest BCUT2D eigenvalue weighted by Gasteiger charge is -2.31. The number of halogens is 2. The lowest BCUT2D eigenvalue weighted by atomic mass is 9.95. The molecule has 0 bridgehead atoms. The zero-order valence-electron chi connectivity index (χ0n) is 14.7. The summed E-state index contributed by atoms with van der Waals surface area (Å²) in [5.74, 6) is -1.71. The number of rotatable bonds is 4. The fraction of sp³-hybridized carbons (Fsp3) is 0.263. The summed E-state index contributed by atoms with van der Waals surface area (Å²) in [6.07, 6.45) is 0.837. The first-order valence-corrected chi connectivity index (χ1v) is 9.02. The summed E-state index contributed by atoms with van der Waals surface area (Å²) in [5.41, 5.74) is -0.00933. The molecule has 1 heterocycles. The Morgan fingerprint density at radius 1 is 1.14 bits per heavy atom. The molecular formula is C19H17ClFN3O4. The highest BCUT2D eigenvalue weighted by molar-refractivity contribution is 6.30. The number of amides is 2. The van der Waals surface area contributed by atoms with Gasteiger partial charge in [0.25, 0.3) is 11.6 Å². The van der Waals surface area contributed by atoms with Gasteiger partial charge in [-0.05, 0) is 43.2 Å². The molecule has 3 rings (SSSR count). The highest BCUT2D eigenvalue weighted by Gasteiger charge is 2.28. The Bertz CT molecular complexity index is 912. The molecule has 146 valence electrons. The number of nitro groups is 1. The van der Waals surface area contributed by atoms with Crippen molar-refractivity contribution >= 4 is 34.8 Å². The van der Waals surface area contributed by atoms with Gasteiger partial charge in [0.1, 0.15) is 5.82 Å². The zero-order chi connectivity index (χ0) is 20.3. The lowest BCUT2D eigenvalue weighted by Crippen LogP contribution is -2.41. The van der Waals surface area contributed by atoms with E-state index in [-0.39, 0.29) is 17.3 Å². The number of hydrogen-bond acceptors (Lipinski definition) is 4. The number of non-ortho nitro benzene ring substituents is 1. The largest absolute Gasteiger partial charge is 0.339 e. The van der Waals surface area contributed by atoms with Gasteiger partial charge in [-0.1, -0.05) is 11.6 Å². The first-order valence-electron chi connectivity index (χ1n) is 8.65. The molecule has 0 radical (unpaired) electrons. The molecule has 1 aliphatic rings. The van der Waals surface area contributed by atoms with Crippen LogP contribution in [-0.2, 0) is 4.79 Å². The average molecular weight is 406 g/mol. The number of nitrogens with one attached hydrogen (secondary N) is 1. The van der Waals surface area contributed by atoms with E-state index in [1.54, 1.807) is 29.2 Å². The van der Waals surface area contributed by atoms with Crippen LogP contribution < -0.4 is 5.32 Å². The molecule has 7 nitrogen and oxygen atoms in total. The first-order chi connectivity index (χ1) is 13.3. The lowest BCUT2D eigenvalue weighted by molar-refractivity contribution is -0.384. The second kappa shape index (κ2) is 8.35. The molecule has 0 spiro atoms. The highest BCUT2D eigenvalue weighted by atomic mass is 35.5. The van der Waals surface area contributed by atoms with Crippen LogP contribution in [0.4, 0.5) is 15.8 Å². The van der Waals surface area contributed by atoms with E-state index in [1.807, 2.05) is 0 Å². The number of carbonyl (C=O) groups excluding carboxylic acids is 2. The normalized spacial score (nSPS) is 14.6. The predicted octanol–water partition coefficient (Wildman–Crippen LogP) is 3.88. The molecule has 0 aromatic heterocycles. The van der Waals surface area contributed by atoms with E-state index in [1.165, 1.54) is 0 Å². The van der Waals surface area contributed by atoms with Gasteiger partial charge in [-0.3, -0.25) is 19.7 Å². The molecule has 1 saturated heterocycles. The van der Waals surface area contributed by atoms with Crippen LogP contribution in [-0.4, -0.2) is 34.7 Å². The predicted molar refractivity (Wildman–Crippen MR) is 102 cm³/mol. The molecule has 2 amide bonds. The Morgan fingerprint density at radius 2 is 1.79 bits per heavy atom. The van der Waals surface area contributed by atoms with Crippen molar-refractivity contribution in [1.82, 2.24) is 4.90 Å².